The zero-order chi connectivity index (χ0) is 23.3. The molecule has 4 heteroatoms. The van der Waals surface area contributed by atoms with Gasteiger partial charge >= 0.3 is 5.97 Å². The molecule has 0 saturated heterocycles. The molecule has 0 aliphatic heterocycles. The maximum absolute atomic E-state index is 12.3. The molecule has 0 unspecified atom stereocenters. The smallest absolute Gasteiger partial charge is 0.331 e. The number of esters is 1. The number of carbonyl (C=O) groups excluding carboxylic acids is 1. The third-order valence-corrected chi connectivity index (χ3v) is 5.14. The van der Waals surface area contributed by atoms with Crippen LogP contribution < -0.4 is 4.74 Å². The number of hydrogen-bond donors (Lipinski definition) is 0. The van der Waals surface area contributed by atoms with Gasteiger partial charge in [0.05, 0.1) is 5.52 Å². The number of fused-ring (bicyclic) bond motifs is 1. The second kappa shape index (κ2) is 9.78. The average Bonchev–Trinajstić information content (AvgIpc) is 3.13. The Morgan fingerprint density at radius 3 is 2.21 bits per heavy atom. The van der Waals surface area contributed by atoms with E-state index in [0.29, 0.717) is 13.2 Å². The van der Waals surface area contributed by atoms with Crippen LogP contribution in [-0.2, 0) is 22.7 Å². The number of rotatable bonds is 7. The maximum atomic E-state index is 12.3. The first-order valence-electron chi connectivity index (χ1n) is 11.1. The largest absolute Gasteiger partial charge is 0.489 e. The summed E-state index contributed by atoms with van der Waals surface area (Å²) in [5.74, 6) is 0.451. The second-order valence-corrected chi connectivity index (χ2v) is 9.00. The second-order valence-electron chi connectivity index (χ2n) is 9.00. The lowest BCUT2D eigenvalue weighted by Gasteiger charge is -2.18. The molecule has 168 valence electrons. The lowest BCUT2D eigenvalue weighted by Crippen LogP contribution is -2.22. The molecule has 0 fully saturated rings. The monoisotopic (exact) mass is 439 g/mol. The molecule has 0 saturated carbocycles. The Morgan fingerprint density at radius 1 is 0.879 bits per heavy atom. The van der Waals surface area contributed by atoms with Gasteiger partial charge in [0.15, 0.2) is 0 Å². The van der Waals surface area contributed by atoms with Crippen LogP contribution >= 0.6 is 0 Å². The summed E-state index contributed by atoms with van der Waals surface area (Å²) in [4.78, 5) is 12.3. The van der Waals surface area contributed by atoms with Crippen molar-refractivity contribution >= 4 is 22.9 Å². The van der Waals surface area contributed by atoms with Crippen LogP contribution in [0, 0.1) is 0 Å². The van der Waals surface area contributed by atoms with Crippen LogP contribution in [0.5, 0.6) is 5.75 Å². The highest BCUT2D eigenvalue weighted by Crippen LogP contribution is 2.27. The highest BCUT2D eigenvalue weighted by atomic mass is 16.6. The zero-order valence-corrected chi connectivity index (χ0v) is 19.3. The van der Waals surface area contributed by atoms with Crippen molar-refractivity contribution in [3.63, 3.8) is 0 Å². The van der Waals surface area contributed by atoms with Crippen molar-refractivity contribution in [2.75, 3.05) is 0 Å². The third-order valence-electron chi connectivity index (χ3n) is 5.14. The van der Waals surface area contributed by atoms with Gasteiger partial charge in [0.25, 0.3) is 0 Å². The molecule has 4 rings (SSSR count). The van der Waals surface area contributed by atoms with Gasteiger partial charge in [0.1, 0.15) is 18.0 Å². The van der Waals surface area contributed by atoms with Crippen LogP contribution in [0.2, 0.25) is 0 Å². The van der Waals surface area contributed by atoms with Crippen LogP contribution in [0.1, 0.15) is 37.6 Å². The minimum absolute atomic E-state index is 0.356. The SMILES string of the molecule is CC(C)(C)OC(=O)C=Cc1cc2ccc(OCc3ccccc3)cc2n1Cc1ccccc1. The predicted molar refractivity (Wildman–Crippen MR) is 133 cm³/mol. The normalized spacial score (nSPS) is 11.7. The fourth-order valence-corrected chi connectivity index (χ4v) is 3.66. The van der Waals surface area contributed by atoms with Gasteiger partial charge in [-0.1, -0.05) is 60.7 Å². The van der Waals surface area contributed by atoms with E-state index < -0.39 is 5.60 Å². The van der Waals surface area contributed by atoms with E-state index in [-0.39, 0.29) is 5.97 Å². The number of nitrogens with zero attached hydrogens (tertiary/aromatic N) is 1. The number of carbonyl (C=O) groups is 1. The first kappa shape index (κ1) is 22.4. The molecule has 4 nitrogen and oxygen atoms in total. The molecule has 3 aromatic carbocycles. The Balaban J connectivity index is 1.65. The van der Waals surface area contributed by atoms with Gasteiger partial charge in [-0.25, -0.2) is 4.79 Å². The number of ether oxygens (including phenoxy) is 2. The highest BCUT2D eigenvalue weighted by Gasteiger charge is 2.15. The minimum atomic E-state index is -0.525. The first-order valence-corrected chi connectivity index (χ1v) is 11.1. The molecule has 4 aromatic rings. The average molecular weight is 440 g/mol. The summed E-state index contributed by atoms with van der Waals surface area (Å²) in [6.45, 7) is 6.78. The molecule has 0 radical (unpaired) electrons. The van der Waals surface area contributed by atoms with Crippen molar-refractivity contribution in [1.29, 1.82) is 0 Å². The molecular formula is C29H29NO3. The lowest BCUT2D eigenvalue weighted by atomic mass is 10.2. The Morgan fingerprint density at radius 2 is 1.55 bits per heavy atom. The van der Waals surface area contributed by atoms with E-state index in [0.717, 1.165) is 27.9 Å². The van der Waals surface area contributed by atoms with Crippen LogP contribution in [0.15, 0.2) is 91.0 Å². The van der Waals surface area contributed by atoms with E-state index in [1.807, 2.05) is 69.3 Å². The van der Waals surface area contributed by atoms with Crippen molar-refractivity contribution in [3.8, 4) is 5.75 Å². The number of benzene rings is 3. The topological polar surface area (TPSA) is 40.5 Å². The van der Waals surface area contributed by atoms with Gasteiger partial charge in [0, 0.05) is 29.8 Å². The highest BCUT2D eigenvalue weighted by molar-refractivity contribution is 5.90. The van der Waals surface area contributed by atoms with E-state index in [1.165, 1.54) is 11.6 Å². The summed E-state index contributed by atoms with van der Waals surface area (Å²) in [7, 11) is 0. The summed E-state index contributed by atoms with van der Waals surface area (Å²) in [5, 5.41) is 1.09. The third kappa shape index (κ3) is 6.13. The summed E-state index contributed by atoms with van der Waals surface area (Å²) in [6.07, 6.45) is 3.31. The summed E-state index contributed by atoms with van der Waals surface area (Å²) in [6, 6.07) is 28.6. The van der Waals surface area contributed by atoms with E-state index in [2.05, 4.69) is 47.0 Å². The number of aromatic nitrogens is 1. The van der Waals surface area contributed by atoms with Gasteiger partial charge in [-0.3, -0.25) is 0 Å². The first-order chi connectivity index (χ1) is 15.9. The van der Waals surface area contributed by atoms with Crippen molar-refractivity contribution in [2.45, 2.75) is 39.5 Å². The Hall–Kier alpha value is -3.79. The van der Waals surface area contributed by atoms with Gasteiger partial charge in [0.2, 0.25) is 0 Å². The molecule has 0 amide bonds. The van der Waals surface area contributed by atoms with Crippen molar-refractivity contribution in [1.82, 2.24) is 4.57 Å². The standard InChI is InChI=1S/C29H29NO3/c1-29(2,3)33-28(31)17-15-25-18-24-14-16-26(32-21-23-12-8-5-9-13-23)19-27(24)30(25)20-22-10-6-4-7-11-22/h4-19H,20-21H2,1-3H3. The molecule has 33 heavy (non-hydrogen) atoms. The van der Waals surface area contributed by atoms with Crippen LogP contribution in [0.4, 0.5) is 0 Å². The van der Waals surface area contributed by atoms with Gasteiger partial charge in [-0.05, 0) is 56.2 Å². The van der Waals surface area contributed by atoms with Crippen molar-refractivity contribution < 1.29 is 14.3 Å². The Labute approximate surface area is 195 Å². The van der Waals surface area contributed by atoms with Crippen LogP contribution in [0.3, 0.4) is 0 Å². The molecule has 0 bridgehead atoms. The fraction of sp³-hybridized carbons (Fsp3) is 0.207. The van der Waals surface area contributed by atoms with E-state index in [9.17, 15) is 4.79 Å². The van der Waals surface area contributed by atoms with E-state index in [1.54, 1.807) is 0 Å². The lowest BCUT2D eigenvalue weighted by molar-refractivity contribution is -0.148. The van der Waals surface area contributed by atoms with Gasteiger partial charge < -0.3 is 14.0 Å². The zero-order valence-electron chi connectivity index (χ0n) is 19.3. The number of hydrogen-bond acceptors (Lipinski definition) is 3. The maximum Gasteiger partial charge on any atom is 0.331 e. The molecule has 0 aliphatic rings. The van der Waals surface area contributed by atoms with E-state index >= 15 is 0 Å². The molecule has 1 heterocycles. The van der Waals surface area contributed by atoms with E-state index in [4.69, 9.17) is 9.47 Å². The molecule has 1 aromatic heterocycles. The molecule has 0 atom stereocenters. The predicted octanol–water partition coefficient (Wildman–Crippen LogP) is 6.62. The molecule has 0 N–H and O–H groups in total. The minimum Gasteiger partial charge on any atom is -0.489 e. The van der Waals surface area contributed by atoms with Crippen molar-refractivity contribution in [2.24, 2.45) is 0 Å². The van der Waals surface area contributed by atoms with Gasteiger partial charge in [-0.15, -0.1) is 0 Å². The Kier molecular flexibility index (Phi) is 6.64. The van der Waals surface area contributed by atoms with Crippen molar-refractivity contribution in [3.05, 3.63) is 108 Å². The van der Waals surface area contributed by atoms with Crippen LogP contribution in [0.25, 0.3) is 17.0 Å². The molecule has 0 aliphatic carbocycles. The quantitative estimate of drug-likeness (QED) is 0.240. The summed E-state index contributed by atoms with van der Waals surface area (Å²) in [5.41, 5.74) is 3.76. The van der Waals surface area contributed by atoms with Crippen LogP contribution in [-0.4, -0.2) is 16.1 Å². The molecular weight excluding hydrogens is 410 g/mol. The Bertz CT molecular complexity index is 1250. The molecule has 0 spiro atoms. The summed E-state index contributed by atoms with van der Waals surface area (Å²) >= 11 is 0. The fourth-order valence-electron chi connectivity index (χ4n) is 3.66. The van der Waals surface area contributed by atoms with Gasteiger partial charge in [-0.2, -0.15) is 0 Å². The summed E-state index contributed by atoms with van der Waals surface area (Å²) < 4.78 is 13.7.